The average molecular weight is 359 g/mol. The predicted octanol–water partition coefficient (Wildman–Crippen LogP) is 2.43. The maximum absolute atomic E-state index is 12.3. The molecule has 0 heterocycles. The van der Waals surface area contributed by atoms with Crippen LogP contribution in [-0.2, 0) is 14.8 Å². The number of anilines is 2. The fourth-order valence-corrected chi connectivity index (χ4v) is 3.41. The zero-order chi connectivity index (χ0) is 17.7. The Morgan fingerprint density at radius 1 is 0.960 bits per heavy atom. The Labute approximate surface area is 147 Å². The average Bonchev–Trinajstić information content (AvgIpc) is 3.40. The van der Waals surface area contributed by atoms with Gasteiger partial charge in [-0.3, -0.25) is 9.52 Å². The molecular formula is C18H21N3O3S. The van der Waals surface area contributed by atoms with E-state index in [4.69, 9.17) is 0 Å². The van der Waals surface area contributed by atoms with E-state index in [2.05, 4.69) is 15.4 Å². The van der Waals surface area contributed by atoms with E-state index in [1.54, 1.807) is 36.4 Å². The first-order valence-electron chi connectivity index (χ1n) is 8.21. The van der Waals surface area contributed by atoms with Gasteiger partial charge in [0.05, 0.1) is 11.4 Å². The first-order valence-corrected chi connectivity index (χ1v) is 9.70. The highest BCUT2D eigenvalue weighted by Crippen LogP contribution is 2.27. The van der Waals surface area contributed by atoms with Gasteiger partial charge >= 0.3 is 0 Å². The molecule has 0 spiro atoms. The van der Waals surface area contributed by atoms with Gasteiger partial charge in [-0.2, -0.15) is 0 Å². The number of rotatable bonds is 8. The van der Waals surface area contributed by atoms with Crippen molar-refractivity contribution in [3.63, 3.8) is 0 Å². The summed E-state index contributed by atoms with van der Waals surface area (Å²) >= 11 is 0. The van der Waals surface area contributed by atoms with E-state index in [1.165, 1.54) is 25.0 Å². The summed E-state index contributed by atoms with van der Waals surface area (Å²) in [5.41, 5.74) is 1.07. The third kappa shape index (κ3) is 5.30. The second-order valence-corrected chi connectivity index (χ2v) is 7.80. The van der Waals surface area contributed by atoms with Gasteiger partial charge in [0.1, 0.15) is 0 Å². The number of carbonyl (C=O) groups is 1. The predicted molar refractivity (Wildman–Crippen MR) is 97.9 cm³/mol. The topological polar surface area (TPSA) is 87.3 Å². The van der Waals surface area contributed by atoms with Crippen molar-refractivity contribution in [1.29, 1.82) is 0 Å². The molecule has 0 aliphatic heterocycles. The van der Waals surface area contributed by atoms with E-state index in [1.807, 2.05) is 6.07 Å². The van der Waals surface area contributed by atoms with Crippen molar-refractivity contribution < 1.29 is 13.2 Å². The Balaban J connectivity index is 1.56. The van der Waals surface area contributed by atoms with Crippen LogP contribution in [-0.4, -0.2) is 27.4 Å². The van der Waals surface area contributed by atoms with Crippen LogP contribution < -0.4 is 15.4 Å². The van der Waals surface area contributed by atoms with Gasteiger partial charge in [-0.1, -0.05) is 18.2 Å². The van der Waals surface area contributed by atoms with Crippen molar-refractivity contribution in [3.8, 4) is 0 Å². The van der Waals surface area contributed by atoms with Crippen LogP contribution in [0.15, 0.2) is 59.5 Å². The number of sulfonamides is 1. The lowest BCUT2D eigenvalue weighted by Crippen LogP contribution is -2.29. The summed E-state index contributed by atoms with van der Waals surface area (Å²) in [5, 5.41) is 5.86. The number of benzene rings is 2. The van der Waals surface area contributed by atoms with Gasteiger partial charge in [-0.05, 0) is 61.7 Å². The summed E-state index contributed by atoms with van der Waals surface area (Å²) in [7, 11) is -3.65. The van der Waals surface area contributed by atoms with Crippen LogP contribution in [0.3, 0.4) is 0 Å². The van der Waals surface area contributed by atoms with Gasteiger partial charge in [0, 0.05) is 11.4 Å². The Hall–Kier alpha value is -2.38. The van der Waals surface area contributed by atoms with Gasteiger partial charge in [-0.25, -0.2) is 8.42 Å². The Kier molecular flexibility index (Phi) is 5.35. The number of carbonyl (C=O) groups excluding carboxylic acids is 1. The molecule has 0 atom stereocenters. The van der Waals surface area contributed by atoms with E-state index in [0.29, 0.717) is 11.4 Å². The van der Waals surface area contributed by atoms with E-state index >= 15 is 0 Å². The van der Waals surface area contributed by atoms with Gasteiger partial charge in [0.25, 0.3) is 10.0 Å². The van der Waals surface area contributed by atoms with E-state index in [0.717, 1.165) is 12.5 Å². The van der Waals surface area contributed by atoms with Crippen molar-refractivity contribution in [3.05, 3.63) is 54.6 Å². The van der Waals surface area contributed by atoms with Crippen LogP contribution >= 0.6 is 0 Å². The summed E-state index contributed by atoms with van der Waals surface area (Å²) in [6.07, 6.45) is 2.48. The van der Waals surface area contributed by atoms with Crippen LogP contribution in [0.25, 0.3) is 0 Å². The zero-order valence-corrected chi connectivity index (χ0v) is 14.6. The SMILES string of the molecule is O=C(CNCC1CC1)Nc1ccc(S(=O)(=O)Nc2ccccc2)cc1. The summed E-state index contributed by atoms with van der Waals surface area (Å²) in [4.78, 5) is 12.0. The lowest BCUT2D eigenvalue weighted by Gasteiger charge is -2.10. The van der Waals surface area contributed by atoms with E-state index < -0.39 is 10.0 Å². The highest BCUT2D eigenvalue weighted by atomic mass is 32.2. The third-order valence-corrected chi connectivity index (χ3v) is 5.29. The standard InChI is InChI=1S/C18H21N3O3S/c22-18(13-19-12-14-6-7-14)20-15-8-10-17(11-9-15)25(23,24)21-16-4-2-1-3-5-16/h1-5,8-11,14,19,21H,6-7,12-13H2,(H,20,22). The molecule has 6 nitrogen and oxygen atoms in total. The number of hydrogen-bond donors (Lipinski definition) is 3. The molecule has 3 rings (SSSR count). The van der Waals surface area contributed by atoms with Crippen LogP contribution in [0, 0.1) is 5.92 Å². The normalized spacial score (nSPS) is 14.1. The molecule has 1 amide bonds. The third-order valence-electron chi connectivity index (χ3n) is 3.89. The summed E-state index contributed by atoms with van der Waals surface area (Å²) in [5.74, 6) is 0.577. The molecule has 1 aliphatic rings. The first-order chi connectivity index (χ1) is 12.0. The van der Waals surface area contributed by atoms with Crippen LogP contribution in [0.4, 0.5) is 11.4 Å². The smallest absolute Gasteiger partial charge is 0.261 e. The molecule has 0 unspecified atom stereocenters. The zero-order valence-electron chi connectivity index (χ0n) is 13.7. The molecule has 7 heteroatoms. The van der Waals surface area contributed by atoms with Gasteiger partial charge in [0.15, 0.2) is 0 Å². The fourth-order valence-electron chi connectivity index (χ4n) is 2.35. The molecule has 0 bridgehead atoms. The number of nitrogens with one attached hydrogen (secondary N) is 3. The van der Waals surface area contributed by atoms with Gasteiger partial charge < -0.3 is 10.6 Å². The van der Waals surface area contributed by atoms with Crippen LogP contribution in [0.5, 0.6) is 0 Å². The Morgan fingerprint density at radius 3 is 2.28 bits per heavy atom. The lowest BCUT2D eigenvalue weighted by atomic mass is 10.3. The molecule has 0 radical (unpaired) electrons. The molecular weight excluding hydrogens is 338 g/mol. The van der Waals surface area contributed by atoms with Crippen molar-refractivity contribution in [2.24, 2.45) is 5.92 Å². The number of para-hydroxylation sites is 1. The first kappa shape index (κ1) is 17.4. The Bertz CT molecular complexity index is 816. The summed E-state index contributed by atoms with van der Waals surface area (Å²) in [6, 6.07) is 14.8. The molecule has 0 aromatic heterocycles. The molecule has 1 saturated carbocycles. The molecule has 2 aromatic rings. The minimum atomic E-state index is -3.65. The quantitative estimate of drug-likeness (QED) is 0.675. The minimum absolute atomic E-state index is 0.140. The van der Waals surface area contributed by atoms with Crippen molar-refractivity contribution in [1.82, 2.24) is 5.32 Å². The second kappa shape index (κ2) is 7.67. The monoisotopic (exact) mass is 359 g/mol. The molecule has 0 saturated heterocycles. The summed E-state index contributed by atoms with van der Waals surface area (Å²) < 4.78 is 27.2. The maximum Gasteiger partial charge on any atom is 0.261 e. The maximum atomic E-state index is 12.3. The Morgan fingerprint density at radius 2 is 1.64 bits per heavy atom. The molecule has 132 valence electrons. The highest BCUT2D eigenvalue weighted by Gasteiger charge is 2.20. The van der Waals surface area contributed by atoms with E-state index in [-0.39, 0.29) is 17.3 Å². The van der Waals surface area contributed by atoms with Crippen molar-refractivity contribution >= 4 is 27.3 Å². The number of hydrogen-bond acceptors (Lipinski definition) is 4. The molecule has 2 aromatic carbocycles. The van der Waals surface area contributed by atoms with Crippen LogP contribution in [0.1, 0.15) is 12.8 Å². The second-order valence-electron chi connectivity index (χ2n) is 6.12. The number of amides is 1. The largest absolute Gasteiger partial charge is 0.325 e. The van der Waals surface area contributed by atoms with Gasteiger partial charge in [0.2, 0.25) is 5.91 Å². The van der Waals surface area contributed by atoms with Crippen molar-refractivity contribution in [2.75, 3.05) is 23.1 Å². The summed E-state index contributed by atoms with van der Waals surface area (Å²) in [6.45, 7) is 1.13. The van der Waals surface area contributed by atoms with Gasteiger partial charge in [-0.15, -0.1) is 0 Å². The molecule has 3 N–H and O–H groups in total. The van der Waals surface area contributed by atoms with Crippen LogP contribution in [0.2, 0.25) is 0 Å². The molecule has 25 heavy (non-hydrogen) atoms. The highest BCUT2D eigenvalue weighted by molar-refractivity contribution is 7.92. The molecule has 1 aliphatic carbocycles. The fraction of sp³-hybridized carbons (Fsp3) is 0.278. The van der Waals surface area contributed by atoms with Crippen molar-refractivity contribution in [2.45, 2.75) is 17.7 Å². The minimum Gasteiger partial charge on any atom is -0.325 e. The van der Waals surface area contributed by atoms with E-state index in [9.17, 15) is 13.2 Å². The molecule has 1 fully saturated rings. The lowest BCUT2D eigenvalue weighted by molar-refractivity contribution is -0.115.